The van der Waals surface area contributed by atoms with Gasteiger partial charge in [0.2, 0.25) is 11.8 Å². The van der Waals surface area contributed by atoms with Gasteiger partial charge < -0.3 is 19.7 Å². The molecule has 1 aliphatic rings. The molecular formula is C21H24N2O5. The Bertz CT molecular complexity index is 846. The molecule has 1 fully saturated rings. The zero-order valence-electron chi connectivity index (χ0n) is 15.8. The average molecular weight is 384 g/mol. The van der Waals surface area contributed by atoms with Gasteiger partial charge in [0.15, 0.2) is 0 Å². The van der Waals surface area contributed by atoms with Gasteiger partial charge in [0, 0.05) is 19.5 Å². The molecule has 2 N–H and O–H groups in total. The van der Waals surface area contributed by atoms with Gasteiger partial charge in [-0.25, -0.2) is 0 Å². The summed E-state index contributed by atoms with van der Waals surface area (Å²) in [4.78, 5) is 37.8. The molecule has 0 aliphatic carbocycles. The molecule has 0 unspecified atom stereocenters. The number of amides is 2. The van der Waals surface area contributed by atoms with E-state index in [2.05, 4.69) is 5.32 Å². The van der Waals surface area contributed by atoms with Gasteiger partial charge in [-0.05, 0) is 31.0 Å². The molecule has 2 atom stereocenters. The minimum absolute atomic E-state index is 0.0327. The van der Waals surface area contributed by atoms with E-state index in [0.29, 0.717) is 25.3 Å². The van der Waals surface area contributed by atoms with Crippen molar-refractivity contribution < 1.29 is 23.9 Å². The first kappa shape index (κ1) is 19.7. The number of hydrogen-bond acceptors (Lipinski definition) is 4. The van der Waals surface area contributed by atoms with Crippen molar-refractivity contribution in [2.45, 2.75) is 26.3 Å². The molecule has 3 rings (SSSR count). The summed E-state index contributed by atoms with van der Waals surface area (Å²) in [5.41, 5.74) is 1.98. The van der Waals surface area contributed by atoms with Crippen LogP contribution in [-0.2, 0) is 27.3 Å². The molecule has 2 aromatic rings. The lowest BCUT2D eigenvalue weighted by Gasteiger charge is -2.17. The molecule has 1 aromatic carbocycles. The van der Waals surface area contributed by atoms with Crippen molar-refractivity contribution in [1.29, 1.82) is 0 Å². The number of hydrogen-bond donors (Lipinski definition) is 2. The Kier molecular flexibility index (Phi) is 6.13. The number of carboxylic acid groups (broad SMARTS) is 1. The third kappa shape index (κ3) is 5.00. The highest BCUT2D eigenvalue weighted by molar-refractivity contribution is 5.89. The molecule has 28 heavy (non-hydrogen) atoms. The Hall–Kier alpha value is -3.09. The highest BCUT2D eigenvalue weighted by atomic mass is 16.4. The third-order valence-corrected chi connectivity index (χ3v) is 4.95. The van der Waals surface area contributed by atoms with Crippen LogP contribution in [0.2, 0.25) is 0 Å². The van der Waals surface area contributed by atoms with Gasteiger partial charge in [-0.3, -0.25) is 14.4 Å². The third-order valence-electron chi connectivity index (χ3n) is 4.95. The monoisotopic (exact) mass is 384 g/mol. The molecule has 2 heterocycles. The Labute approximate surface area is 163 Å². The summed E-state index contributed by atoms with van der Waals surface area (Å²) >= 11 is 0. The fraction of sp³-hybridized carbons (Fsp3) is 0.381. The molecule has 0 radical (unpaired) electrons. The van der Waals surface area contributed by atoms with Gasteiger partial charge in [-0.1, -0.05) is 29.8 Å². The molecule has 2 amide bonds. The number of carbonyl (C=O) groups is 3. The summed E-state index contributed by atoms with van der Waals surface area (Å²) < 4.78 is 5.25. The number of rotatable bonds is 8. The maximum Gasteiger partial charge on any atom is 0.308 e. The number of nitrogens with one attached hydrogen (secondary N) is 1. The predicted molar refractivity (Wildman–Crippen MR) is 101 cm³/mol. The number of carbonyl (C=O) groups excluding carboxylic acids is 2. The minimum Gasteiger partial charge on any atom is -0.481 e. The van der Waals surface area contributed by atoms with Gasteiger partial charge in [0.05, 0.1) is 24.6 Å². The first-order chi connectivity index (χ1) is 13.4. The minimum atomic E-state index is -0.955. The number of carboxylic acids is 1. The van der Waals surface area contributed by atoms with Crippen LogP contribution in [0.1, 0.15) is 23.3 Å². The molecule has 0 saturated carbocycles. The second kappa shape index (κ2) is 8.73. The van der Waals surface area contributed by atoms with E-state index in [1.807, 2.05) is 31.2 Å². The van der Waals surface area contributed by atoms with E-state index in [1.54, 1.807) is 23.3 Å². The molecule has 0 bridgehead atoms. The highest BCUT2D eigenvalue weighted by Gasteiger charge is 2.35. The summed E-state index contributed by atoms with van der Waals surface area (Å²) in [6, 6.07) is 11.2. The molecule has 0 spiro atoms. The Morgan fingerprint density at radius 1 is 1.32 bits per heavy atom. The normalized spacial score (nSPS) is 17.5. The van der Waals surface area contributed by atoms with E-state index < -0.39 is 17.8 Å². The van der Waals surface area contributed by atoms with Gasteiger partial charge >= 0.3 is 5.97 Å². The summed E-state index contributed by atoms with van der Waals surface area (Å²) in [6.07, 6.45) is 2.01. The van der Waals surface area contributed by atoms with Crippen LogP contribution in [0.4, 0.5) is 0 Å². The second-order valence-corrected chi connectivity index (χ2v) is 7.23. The van der Waals surface area contributed by atoms with Crippen LogP contribution >= 0.6 is 0 Å². The number of nitrogens with zero attached hydrogens (tertiary/aromatic N) is 1. The average Bonchev–Trinajstić information content (AvgIpc) is 3.29. The number of furan rings is 1. The maximum absolute atomic E-state index is 12.5. The SMILES string of the molecule is Cc1cccc(C[C@@H](CNC(=O)[C@@H]2CC(=O)N(Cc3ccco3)C2)C(=O)O)c1. The number of aliphatic carboxylic acids is 1. The van der Waals surface area contributed by atoms with Crippen LogP contribution in [0.3, 0.4) is 0 Å². The van der Waals surface area contributed by atoms with Gasteiger partial charge in [0.25, 0.3) is 0 Å². The zero-order valence-corrected chi connectivity index (χ0v) is 15.8. The van der Waals surface area contributed by atoms with Crippen LogP contribution in [0.15, 0.2) is 47.1 Å². The first-order valence-corrected chi connectivity index (χ1v) is 9.28. The van der Waals surface area contributed by atoms with Crippen molar-refractivity contribution in [3.05, 3.63) is 59.5 Å². The van der Waals surface area contributed by atoms with Crippen LogP contribution in [0, 0.1) is 18.8 Å². The van der Waals surface area contributed by atoms with Crippen LogP contribution in [-0.4, -0.2) is 40.9 Å². The molecule has 148 valence electrons. The maximum atomic E-state index is 12.5. The van der Waals surface area contributed by atoms with Gasteiger partial charge in [-0.2, -0.15) is 0 Å². The van der Waals surface area contributed by atoms with Gasteiger partial charge in [0.1, 0.15) is 5.76 Å². The summed E-state index contributed by atoms with van der Waals surface area (Å²) in [5.74, 6) is -1.88. The quantitative estimate of drug-likeness (QED) is 0.725. The fourth-order valence-electron chi connectivity index (χ4n) is 3.43. The lowest BCUT2D eigenvalue weighted by atomic mass is 9.97. The summed E-state index contributed by atoms with van der Waals surface area (Å²) in [6.45, 7) is 2.62. The summed E-state index contributed by atoms with van der Waals surface area (Å²) in [5, 5.41) is 12.2. The molecule has 7 heteroatoms. The molecule has 7 nitrogen and oxygen atoms in total. The van der Waals surface area contributed by atoms with Crippen LogP contribution in [0.25, 0.3) is 0 Å². The number of benzene rings is 1. The Morgan fingerprint density at radius 2 is 2.14 bits per heavy atom. The van der Waals surface area contributed by atoms with E-state index in [4.69, 9.17) is 4.42 Å². The lowest BCUT2D eigenvalue weighted by molar-refractivity contribution is -0.141. The second-order valence-electron chi connectivity index (χ2n) is 7.23. The topological polar surface area (TPSA) is 99.9 Å². The molecule has 1 aromatic heterocycles. The fourth-order valence-corrected chi connectivity index (χ4v) is 3.43. The van der Waals surface area contributed by atoms with Crippen molar-refractivity contribution in [2.24, 2.45) is 11.8 Å². The Morgan fingerprint density at radius 3 is 2.82 bits per heavy atom. The number of aryl methyl sites for hydroxylation is 1. The molecule has 1 aliphatic heterocycles. The smallest absolute Gasteiger partial charge is 0.308 e. The van der Waals surface area contributed by atoms with Crippen molar-refractivity contribution in [3.8, 4) is 0 Å². The van der Waals surface area contributed by atoms with E-state index in [1.165, 1.54) is 0 Å². The predicted octanol–water partition coefficient (Wildman–Crippen LogP) is 2.00. The summed E-state index contributed by atoms with van der Waals surface area (Å²) in [7, 11) is 0. The van der Waals surface area contributed by atoms with E-state index in [9.17, 15) is 19.5 Å². The van der Waals surface area contributed by atoms with Crippen LogP contribution < -0.4 is 5.32 Å². The van der Waals surface area contributed by atoms with Crippen molar-refractivity contribution in [1.82, 2.24) is 10.2 Å². The largest absolute Gasteiger partial charge is 0.481 e. The highest BCUT2D eigenvalue weighted by Crippen LogP contribution is 2.21. The van der Waals surface area contributed by atoms with Gasteiger partial charge in [-0.15, -0.1) is 0 Å². The standard InChI is InChI=1S/C21H24N2O5/c1-14-4-2-5-15(8-14)9-16(21(26)27)11-22-20(25)17-10-19(24)23(12-17)13-18-6-3-7-28-18/h2-8,16-17H,9-13H2,1H3,(H,22,25)(H,26,27)/t16-,17+/m0/s1. The van der Waals surface area contributed by atoms with Crippen molar-refractivity contribution in [2.75, 3.05) is 13.1 Å². The zero-order chi connectivity index (χ0) is 20.1. The van der Waals surface area contributed by atoms with E-state index in [-0.39, 0.29) is 24.8 Å². The van der Waals surface area contributed by atoms with Crippen LogP contribution in [0.5, 0.6) is 0 Å². The molecular weight excluding hydrogens is 360 g/mol. The van der Waals surface area contributed by atoms with E-state index in [0.717, 1.165) is 11.1 Å². The number of likely N-dealkylation sites (tertiary alicyclic amines) is 1. The van der Waals surface area contributed by atoms with Crippen molar-refractivity contribution in [3.63, 3.8) is 0 Å². The lowest BCUT2D eigenvalue weighted by Crippen LogP contribution is -2.38. The first-order valence-electron chi connectivity index (χ1n) is 9.28. The van der Waals surface area contributed by atoms with E-state index >= 15 is 0 Å². The molecule has 1 saturated heterocycles. The van der Waals surface area contributed by atoms with Crippen molar-refractivity contribution >= 4 is 17.8 Å². The Balaban J connectivity index is 1.53.